The van der Waals surface area contributed by atoms with Crippen LogP contribution in [-0.2, 0) is 27.4 Å². The van der Waals surface area contributed by atoms with Gasteiger partial charge in [0.25, 0.3) is 5.92 Å². The fourth-order valence-corrected chi connectivity index (χ4v) is 4.04. The van der Waals surface area contributed by atoms with Gasteiger partial charge in [-0.25, -0.2) is 0 Å². The maximum absolute atomic E-state index is 15.2. The largest absolute Gasteiger partial charge is 0.370 e. The Labute approximate surface area is 184 Å². The predicted octanol–water partition coefficient (Wildman–Crippen LogP) is 6.18. The first-order valence-corrected chi connectivity index (χ1v) is 10.8. The molecule has 1 heterocycles. The minimum atomic E-state index is -3.23. The van der Waals surface area contributed by atoms with Crippen LogP contribution in [0.15, 0.2) is 72.8 Å². The van der Waals surface area contributed by atoms with Crippen LogP contribution >= 0.6 is 0 Å². The van der Waals surface area contributed by atoms with Gasteiger partial charge in [0, 0.05) is 5.92 Å². The molecule has 0 unspecified atom stereocenters. The van der Waals surface area contributed by atoms with Crippen molar-refractivity contribution in [2.45, 2.75) is 70.7 Å². The molecule has 0 saturated carbocycles. The zero-order valence-electron chi connectivity index (χ0n) is 18.5. The van der Waals surface area contributed by atoms with E-state index in [2.05, 4.69) is 6.58 Å². The van der Waals surface area contributed by atoms with Gasteiger partial charge >= 0.3 is 0 Å². The molecule has 5 heteroatoms. The van der Waals surface area contributed by atoms with Gasteiger partial charge in [0.05, 0.1) is 25.4 Å². The van der Waals surface area contributed by atoms with Crippen molar-refractivity contribution in [3.63, 3.8) is 0 Å². The highest BCUT2D eigenvalue weighted by Gasteiger charge is 2.55. The number of hydrogen-bond acceptors (Lipinski definition) is 3. The highest BCUT2D eigenvalue weighted by atomic mass is 19.3. The Morgan fingerprint density at radius 1 is 0.935 bits per heavy atom. The lowest BCUT2D eigenvalue weighted by molar-refractivity contribution is -0.275. The second-order valence-electron chi connectivity index (χ2n) is 8.29. The monoisotopic (exact) mass is 430 g/mol. The number of rotatable bonds is 9. The number of benzene rings is 2. The molecule has 1 aliphatic heterocycles. The molecule has 31 heavy (non-hydrogen) atoms. The van der Waals surface area contributed by atoms with Gasteiger partial charge in [-0.05, 0) is 30.0 Å². The van der Waals surface area contributed by atoms with E-state index in [0.29, 0.717) is 13.0 Å². The number of halogens is 2. The minimum Gasteiger partial charge on any atom is -0.370 e. The van der Waals surface area contributed by atoms with Gasteiger partial charge in [0.15, 0.2) is 6.10 Å². The van der Waals surface area contributed by atoms with Crippen LogP contribution in [0.5, 0.6) is 0 Å². The molecule has 0 bridgehead atoms. The molecular weight excluding hydrogens is 398 g/mol. The summed E-state index contributed by atoms with van der Waals surface area (Å²) >= 11 is 0. The Bertz CT molecular complexity index is 825. The topological polar surface area (TPSA) is 27.7 Å². The molecule has 168 valence electrons. The summed E-state index contributed by atoms with van der Waals surface area (Å²) in [6.07, 6.45) is -2.69. The van der Waals surface area contributed by atoms with Crippen molar-refractivity contribution >= 4 is 0 Å². The highest BCUT2D eigenvalue weighted by Crippen LogP contribution is 2.41. The van der Waals surface area contributed by atoms with Gasteiger partial charge in [0.1, 0.15) is 6.10 Å². The molecular formula is C26H32F2O3. The van der Waals surface area contributed by atoms with E-state index in [1.54, 1.807) is 0 Å². The van der Waals surface area contributed by atoms with Crippen LogP contribution in [-0.4, -0.2) is 30.3 Å². The Morgan fingerprint density at radius 2 is 1.42 bits per heavy atom. The van der Waals surface area contributed by atoms with E-state index >= 15 is 8.78 Å². The van der Waals surface area contributed by atoms with Crippen LogP contribution < -0.4 is 0 Å². The van der Waals surface area contributed by atoms with Crippen LogP contribution in [0.2, 0.25) is 0 Å². The molecule has 0 spiro atoms. The first-order chi connectivity index (χ1) is 14.8. The summed E-state index contributed by atoms with van der Waals surface area (Å²) in [4.78, 5) is 0. The number of hydrogen-bond donors (Lipinski definition) is 0. The van der Waals surface area contributed by atoms with Gasteiger partial charge in [-0.1, -0.05) is 81.1 Å². The fourth-order valence-electron chi connectivity index (χ4n) is 4.04. The second-order valence-corrected chi connectivity index (χ2v) is 8.29. The molecule has 1 aliphatic rings. The summed E-state index contributed by atoms with van der Waals surface area (Å²) < 4.78 is 48.7. The molecule has 0 amide bonds. The van der Waals surface area contributed by atoms with E-state index in [9.17, 15) is 0 Å². The molecule has 2 aromatic rings. The molecule has 5 atom stereocenters. The summed E-state index contributed by atoms with van der Waals surface area (Å²) in [5.41, 5.74) is 1.66. The summed E-state index contributed by atoms with van der Waals surface area (Å²) in [6.45, 7) is 9.29. The molecule has 1 fully saturated rings. The van der Waals surface area contributed by atoms with E-state index in [4.69, 9.17) is 14.2 Å². The first kappa shape index (κ1) is 23.6. The van der Waals surface area contributed by atoms with Crippen LogP contribution in [0.1, 0.15) is 38.3 Å². The van der Waals surface area contributed by atoms with Gasteiger partial charge < -0.3 is 14.2 Å². The average molecular weight is 431 g/mol. The highest BCUT2D eigenvalue weighted by molar-refractivity contribution is 5.16. The minimum absolute atomic E-state index is 0.105. The zero-order chi connectivity index (χ0) is 22.4. The number of alkyl halides is 2. The maximum Gasteiger partial charge on any atom is 0.297 e. The van der Waals surface area contributed by atoms with Crippen molar-refractivity contribution in [1.29, 1.82) is 0 Å². The normalized spacial score (nSPS) is 26.5. The maximum atomic E-state index is 15.2. The van der Waals surface area contributed by atoms with Gasteiger partial charge in [-0.15, -0.1) is 0 Å². The fraction of sp³-hybridized carbons (Fsp3) is 0.462. The van der Waals surface area contributed by atoms with Crippen LogP contribution in [0, 0.1) is 5.92 Å². The van der Waals surface area contributed by atoms with Crippen molar-refractivity contribution in [2.75, 3.05) is 0 Å². The summed E-state index contributed by atoms with van der Waals surface area (Å²) in [7, 11) is 0. The third-order valence-electron chi connectivity index (χ3n) is 5.95. The molecule has 0 N–H and O–H groups in total. The molecule has 0 radical (unpaired) electrons. The predicted molar refractivity (Wildman–Crippen MR) is 118 cm³/mol. The molecule has 3 nitrogen and oxygen atoms in total. The van der Waals surface area contributed by atoms with E-state index in [1.807, 2.05) is 74.5 Å². The molecule has 3 rings (SSSR count). The third kappa shape index (κ3) is 5.59. The average Bonchev–Trinajstić information content (AvgIpc) is 2.78. The summed E-state index contributed by atoms with van der Waals surface area (Å²) in [5, 5.41) is 0. The lowest BCUT2D eigenvalue weighted by Crippen LogP contribution is -2.61. The molecule has 0 aromatic heterocycles. The van der Waals surface area contributed by atoms with E-state index < -0.39 is 24.2 Å². The van der Waals surface area contributed by atoms with Crippen molar-refractivity contribution in [2.24, 2.45) is 5.92 Å². The molecule has 2 aromatic carbocycles. The Morgan fingerprint density at radius 3 is 1.87 bits per heavy atom. The summed E-state index contributed by atoms with van der Waals surface area (Å²) in [5.74, 6) is -3.34. The van der Waals surface area contributed by atoms with Crippen molar-refractivity contribution < 1.29 is 23.0 Å². The summed E-state index contributed by atoms with van der Waals surface area (Å²) in [6, 6.07) is 19.2. The number of ether oxygens (including phenoxy) is 3. The smallest absolute Gasteiger partial charge is 0.297 e. The lowest BCUT2D eigenvalue weighted by atomic mass is 9.83. The third-order valence-corrected chi connectivity index (χ3v) is 5.95. The van der Waals surface area contributed by atoms with E-state index in [-0.39, 0.29) is 24.2 Å². The van der Waals surface area contributed by atoms with Crippen LogP contribution in [0.3, 0.4) is 0 Å². The second kappa shape index (κ2) is 10.5. The van der Waals surface area contributed by atoms with Crippen molar-refractivity contribution in [1.82, 2.24) is 0 Å². The van der Waals surface area contributed by atoms with E-state index in [1.165, 1.54) is 6.92 Å². The molecule has 1 saturated heterocycles. The Hall–Kier alpha value is -2.08. The SMILES string of the molecule is C=C(C)C(F)(F)[C@@H]1O[C@H](CC)[C@H](C)[C@H](OCc2ccccc2)[C@H]1OCc1ccccc1. The Balaban J connectivity index is 1.89. The van der Waals surface area contributed by atoms with Gasteiger partial charge in [0.2, 0.25) is 0 Å². The van der Waals surface area contributed by atoms with Crippen molar-refractivity contribution in [3.05, 3.63) is 83.9 Å². The standard InChI is InChI=1S/C26H32F2O3/c1-5-22-19(4)23(29-16-20-12-8-6-9-13-20)24(25(31-22)26(27,28)18(2)3)30-17-21-14-10-7-11-15-21/h6-15,19,22-25H,2,5,16-17H2,1,3-4H3/t19-,22+,23-,24+,25+/m0/s1. The van der Waals surface area contributed by atoms with Gasteiger partial charge in [-0.3, -0.25) is 0 Å². The lowest BCUT2D eigenvalue weighted by Gasteiger charge is -2.47. The zero-order valence-corrected chi connectivity index (χ0v) is 18.5. The van der Waals surface area contributed by atoms with Crippen molar-refractivity contribution in [3.8, 4) is 0 Å². The first-order valence-electron chi connectivity index (χ1n) is 10.8. The quantitative estimate of drug-likeness (QED) is 0.445. The van der Waals surface area contributed by atoms with E-state index in [0.717, 1.165) is 11.1 Å². The van der Waals surface area contributed by atoms with Gasteiger partial charge in [-0.2, -0.15) is 8.78 Å². The van der Waals surface area contributed by atoms with Crippen LogP contribution in [0.25, 0.3) is 0 Å². The molecule has 0 aliphatic carbocycles. The van der Waals surface area contributed by atoms with Crippen LogP contribution in [0.4, 0.5) is 8.78 Å². The Kier molecular flexibility index (Phi) is 7.98.